The first-order chi connectivity index (χ1) is 8.83. The minimum atomic E-state index is -0.445. The summed E-state index contributed by atoms with van der Waals surface area (Å²) in [5.41, 5.74) is 0.422. The fraction of sp³-hybridized carbons (Fsp3) is 0.462. The normalized spacial score (nSPS) is 18.6. The maximum atomic E-state index is 12.3. The molecule has 0 N–H and O–H groups in total. The molecule has 0 atom stereocenters. The van der Waals surface area contributed by atoms with E-state index in [2.05, 4.69) is 0 Å². The van der Waals surface area contributed by atoms with E-state index in [-0.39, 0.29) is 17.3 Å². The number of nitro groups is 1. The molecule has 0 radical (unpaired) electrons. The molecule has 1 aromatic carbocycles. The fourth-order valence-corrected chi connectivity index (χ4v) is 2.26. The fourth-order valence-electron chi connectivity index (χ4n) is 2.26. The third-order valence-electron chi connectivity index (χ3n) is 3.50. The van der Waals surface area contributed by atoms with Crippen molar-refractivity contribution in [1.82, 2.24) is 4.90 Å². The molecule has 102 valence electrons. The molecule has 6 nitrogen and oxygen atoms in total. The Balaban J connectivity index is 2.37. The Morgan fingerprint density at radius 3 is 2.37 bits per heavy atom. The summed E-state index contributed by atoms with van der Waals surface area (Å²) < 4.78 is 0. The standard InChI is InChI=1S/C13H17N3O3/c1-13(2)8-9-14(3)12(17)15(13)10-4-6-11(7-5-10)16(18)19/h4-7H,8-9H2,1-3H3. The second-order valence-electron chi connectivity index (χ2n) is 5.38. The minimum Gasteiger partial charge on any atom is -0.327 e. The molecular formula is C13H17N3O3. The van der Waals surface area contributed by atoms with E-state index in [9.17, 15) is 14.9 Å². The second kappa shape index (κ2) is 4.53. The van der Waals surface area contributed by atoms with Crippen molar-refractivity contribution in [3.8, 4) is 0 Å². The van der Waals surface area contributed by atoms with Gasteiger partial charge in [0, 0.05) is 37.0 Å². The number of anilines is 1. The van der Waals surface area contributed by atoms with Gasteiger partial charge in [0.2, 0.25) is 0 Å². The predicted octanol–water partition coefficient (Wildman–Crippen LogP) is 2.64. The summed E-state index contributed by atoms with van der Waals surface area (Å²) in [6.07, 6.45) is 0.853. The summed E-state index contributed by atoms with van der Waals surface area (Å²) in [4.78, 5) is 25.8. The maximum Gasteiger partial charge on any atom is 0.324 e. The highest BCUT2D eigenvalue weighted by Crippen LogP contribution is 2.32. The van der Waals surface area contributed by atoms with Gasteiger partial charge in [-0.3, -0.25) is 15.0 Å². The average molecular weight is 263 g/mol. The van der Waals surface area contributed by atoms with Crippen LogP contribution in [0.25, 0.3) is 0 Å². The number of hydrogen-bond acceptors (Lipinski definition) is 3. The van der Waals surface area contributed by atoms with E-state index in [0.29, 0.717) is 5.69 Å². The smallest absolute Gasteiger partial charge is 0.324 e. The summed E-state index contributed by atoms with van der Waals surface area (Å²) in [6.45, 7) is 4.72. The number of hydrogen-bond donors (Lipinski definition) is 0. The van der Waals surface area contributed by atoms with Crippen molar-refractivity contribution in [2.75, 3.05) is 18.5 Å². The van der Waals surface area contributed by atoms with Crippen molar-refractivity contribution in [3.05, 3.63) is 34.4 Å². The quantitative estimate of drug-likeness (QED) is 0.608. The zero-order valence-corrected chi connectivity index (χ0v) is 11.3. The minimum absolute atomic E-state index is 0.0272. The zero-order valence-electron chi connectivity index (χ0n) is 11.3. The van der Waals surface area contributed by atoms with Gasteiger partial charge in [-0.15, -0.1) is 0 Å². The number of amides is 2. The van der Waals surface area contributed by atoms with Crippen LogP contribution < -0.4 is 4.90 Å². The Labute approximate surface area is 111 Å². The molecule has 0 aromatic heterocycles. The lowest BCUT2D eigenvalue weighted by molar-refractivity contribution is -0.384. The van der Waals surface area contributed by atoms with Gasteiger partial charge in [-0.05, 0) is 32.4 Å². The molecule has 0 spiro atoms. The summed E-state index contributed by atoms with van der Waals surface area (Å²) in [6, 6.07) is 6.01. The number of nitro benzene ring substituents is 1. The number of carbonyl (C=O) groups excluding carboxylic acids is 1. The third-order valence-corrected chi connectivity index (χ3v) is 3.50. The van der Waals surface area contributed by atoms with Crippen LogP contribution in [0.5, 0.6) is 0 Å². The van der Waals surface area contributed by atoms with Crippen LogP contribution in [0, 0.1) is 10.1 Å². The lowest BCUT2D eigenvalue weighted by atomic mass is 9.95. The topological polar surface area (TPSA) is 66.7 Å². The van der Waals surface area contributed by atoms with E-state index in [0.717, 1.165) is 13.0 Å². The van der Waals surface area contributed by atoms with Gasteiger partial charge in [-0.1, -0.05) is 0 Å². The average Bonchev–Trinajstić information content (AvgIpc) is 2.35. The molecular weight excluding hydrogens is 246 g/mol. The van der Waals surface area contributed by atoms with Crippen molar-refractivity contribution in [3.63, 3.8) is 0 Å². The van der Waals surface area contributed by atoms with Gasteiger partial charge in [-0.25, -0.2) is 4.79 Å². The first-order valence-electron chi connectivity index (χ1n) is 6.13. The molecule has 1 heterocycles. The molecule has 0 unspecified atom stereocenters. The van der Waals surface area contributed by atoms with Gasteiger partial charge in [-0.2, -0.15) is 0 Å². The van der Waals surface area contributed by atoms with Crippen LogP contribution in [0.15, 0.2) is 24.3 Å². The number of non-ortho nitro benzene ring substituents is 1. The van der Waals surface area contributed by atoms with Crippen LogP contribution in [0.2, 0.25) is 0 Å². The van der Waals surface area contributed by atoms with Gasteiger partial charge in [0.05, 0.1) is 4.92 Å². The number of rotatable bonds is 2. The molecule has 19 heavy (non-hydrogen) atoms. The Kier molecular flexibility index (Phi) is 3.18. The molecule has 6 heteroatoms. The summed E-state index contributed by atoms with van der Waals surface area (Å²) in [5, 5.41) is 10.6. The lowest BCUT2D eigenvalue weighted by Gasteiger charge is -2.45. The molecule has 1 aliphatic heterocycles. The zero-order chi connectivity index (χ0) is 14.2. The molecule has 2 rings (SSSR count). The highest BCUT2D eigenvalue weighted by molar-refractivity contribution is 5.94. The molecule has 1 saturated heterocycles. The number of urea groups is 1. The van der Waals surface area contributed by atoms with Crippen LogP contribution in [0.1, 0.15) is 20.3 Å². The van der Waals surface area contributed by atoms with Crippen LogP contribution in [0.4, 0.5) is 16.2 Å². The van der Waals surface area contributed by atoms with Crippen LogP contribution in [-0.2, 0) is 0 Å². The maximum absolute atomic E-state index is 12.3. The first kappa shape index (κ1) is 13.3. The van der Waals surface area contributed by atoms with Crippen molar-refractivity contribution < 1.29 is 9.72 Å². The summed E-state index contributed by atoms with van der Waals surface area (Å²) in [5.74, 6) is 0. The molecule has 2 amide bonds. The van der Waals surface area contributed by atoms with Gasteiger partial charge in [0.1, 0.15) is 0 Å². The van der Waals surface area contributed by atoms with E-state index in [1.165, 1.54) is 12.1 Å². The molecule has 1 fully saturated rings. The van der Waals surface area contributed by atoms with Crippen molar-refractivity contribution >= 4 is 17.4 Å². The van der Waals surface area contributed by atoms with Gasteiger partial charge < -0.3 is 4.90 Å². The Morgan fingerprint density at radius 1 is 1.26 bits per heavy atom. The van der Waals surface area contributed by atoms with Crippen molar-refractivity contribution in [2.45, 2.75) is 25.8 Å². The SMILES string of the molecule is CN1CCC(C)(C)N(c2ccc([N+](=O)[O-])cc2)C1=O. The third kappa shape index (κ3) is 2.38. The number of nitrogens with zero attached hydrogens (tertiary/aromatic N) is 3. The summed E-state index contributed by atoms with van der Waals surface area (Å²) in [7, 11) is 1.76. The highest BCUT2D eigenvalue weighted by atomic mass is 16.6. The van der Waals surface area contributed by atoms with E-state index >= 15 is 0 Å². The molecule has 1 aromatic rings. The molecule has 0 bridgehead atoms. The van der Waals surface area contributed by atoms with Gasteiger partial charge >= 0.3 is 6.03 Å². The van der Waals surface area contributed by atoms with Crippen LogP contribution in [-0.4, -0.2) is 35.0 Å². The molecule has 0 saturated carbocycles. The molecule has 0 aliphatic carbocycles. The van der Waals surface area contributed by atoms with Crippen LogP contribution >= 0.6 is 0 Å². The van der Waals surface area contributed by atoms with Gasteiger partial charge in [0.25, 0.3) is 5.69 Å². The lowest BCUT2D eigenvalue weighted by Crippen LogP contribution is -2.58. The van der Waals surface area contributed by atoms with Crippen LogP contribution in [0.3, 0.4) is 0 Å². The largest absolute Gasteiger partial charge is 0.327 e. The van der Waals surface area contributed by atoms with Gasteiger partial charge in [0.15, 0.2) is 0 Å². The number of carbonyl (C=O) groups is 1. The Morgan fingerprint density at radius 2 is 1.84 bits per heavy atom. The van der Waals surface area contributed by atoms with Crippen molar-refractivity contribution in [1.29, 1.82) is 0 Å². The van der Waals surface area contributed by atoms with E-state index < -0.39 is 4.92 Å². The van der Waals surface area contributed by atoms with E-state index in [4.69, 9.17) is 0 Å². The Hall–Kier alpha value is -2.11. The highest BCUT2D eigenvalue weighted by Gasteiger charge is 2.38. The Bertz CT molecular complexity index is 510. The van der Waals surface area contributed by atoms with Crippen molar-refractivity contribution in [2.24, 2.45) is 0 Å². The molecule has 1 aliphatic rings. The second-order valence-corrected chi connectivity index (χ2v) is 5.38. The number of benzene rings is 1. The van der Waals surface area contributed by atoms with E-state index in [1.807, 2.05) is 13.8 Å². The van der Waals surface area contributed by atoms with E-state index in [1.54, 1.807) is 29.0 Å². The first-order valence-corrected chi connectivity index (χ1v) is 6.13. The monoisotopic (exact) mass is 263 g/mol. The summed E-state index contributed by atoms with van der Waals surface area (Å²) >= 11 is 0. The predicted molar refractivity (Wildman–Crippen MR) is 72.3 cm³/mol.